The number of rotatable bonds is 3. The van der Waals surface area contributed by atoms with Gasteiger partial charge >= 0.3 is 0 Å². The van der Waals surface area contributed by atoms with Crippen molar-refractivity contribution in [3.63, 3.8) is 0 Å². The monoisotopic (exact) mass is 110 g/mol. The zero-order valence-electron chi connectivity index (χ0n) is 5.04. The summed E-state index contributed by atoms with van der Waals surface area (Å²) in [6.07, 6.45) is 6.19. The fourth-order valence-electron chi connectivity index (χ4n) is 0.302. The summed E-state index contributed by atoms with van der Waals surface area (Å²) in [6.45, 7) is 3.28. The normalized spacial score (nSPS) is 11.1. The fraction of sp³-hybridized carbons (Fsp3) is 0.333. The molecule has 0 bridgehead atoms. The smallest absolute Gasteiger partial charge is 0.0273 e. The van der Waals surface area contributed by atoms with Crippen molar-refractivity contribution in [1.29, 1.82) is 0 Å². The van der Waals surface area contributed by atoms with E-state index in [-0.39, 0.29) is 0 Å². The number of hydrogen-bond acceptors (Lipinski definition) is 2. The summed E-state index contributed by atoms with van der Waals surface area (Å²) in [5.41, 5.74) is 0. The lowest BCUT2D eigenvalue weighted by Crippen LogP contribution is -1.65. The summed E-state index contributed by atoms with van der Waals surface area (Å²) < 4.78 is 0. The molecule has 8 heavy (non-hydrogen) atoms. The van der Waals surface area contributed by atoms with Crippen molar-refractivity contribution in [2.45, 2.75) is 6.42 Å². The molecule has 0 aliphatic rings. The molecule has 0 aliphatic carbocycles. The van der Waals surface area contributed by atoms with Crippen molar-refractivity contribution in [3.8, 4) is 0 Å². The van der Waals surface area contributed by atoms with Gasteiger partial charge in [0.05, 0.1) is 0 Å². The summed E-state index contributed by atoms with van der Waals surface area (Å²) in [7, 11) is 1.75. The molecule has 0 aliphatic heterocycles. The highest BCUT2D eigenvalue weighted by molar-refractivity contribution is 5.58. The summed E-state index contributed by atoms with van der Waals surface area (Å²) in [5, 5.41) is 0. The van der Waals surface area contributed by atoms with E-state index in [9.17, 15) is 0 Å². The van der Waals surface area contributed by atoms with Crippen molar-refractivity contribution in [2.24, 2.45) is 9.98 Å². The first-order chi connectivity index (χ1) is 3.91. The molecule has 0 aromatic heterocycles. The van der Waals surface area contributed by atoms with Crippen LogP contribution in [0.2, 0.25) is 0 Å². The molecule has 0 saturated heterocycles. The fourth-order valence-corrected chi connectivity index (χ4v) is 0.302. The Kier molecular flexibility index (Phi) is 5.38. The molecule has 0 radical (unpaired) electrons. The lowest BCUT2D eigenvalue weighted by Gasteiger charge is -1.74. The van der Waals surface area contributed by atoms with Gasteiger partial charge in [0, 0.05) is 25.9 Å². The molecule has 0 atom stereocenters. The Balaban J connectivity index is 3.15. The number of hydrogen-bond donors (Lipinski definition) is 0. The standard InChI is InChI=1S/C6H10N2/c1-7-5-3-4-6-8-2/h3,5-6H,1,4H2,2H3/b5-3-,8-6?. The molecule has 0 saturated carbocycles. The van der Waals surface area contributed by atoms with Crippen LogP contribution in [0.5, 0.6) is 0 Å². The molecule has 0 rings (SSSR count). The summed E-state index contributed by atoms with van der Waals surface area (Å²) in [6, 6.07) is 0. The molecule has 0 fully saturated rings. The van der Waals surface area contributed by atoms with Crippen LogP contribution in [0.1, 0.15) is 6.42 Å². The van der Waals surface area contributed by atoms with Gasteiger partial charge < -0.3 is 4.99 Å². The Labute approximate surface area is 49.7 Å². The quantitative estimate of drug-likeness (QED) is 0.489. The van der Waals surface area contributed by atoms with Gasteiger partial charge in [0.1, 0.15) is 0 Å². The molecule has 0 N–H and O–H groups in total. The summed E-state index contributed by atoms with van der Waals surface area (Å²) in [4.78, 5) is 7.28. The third kappa shape index (κ3) is 5.08. The van der Waals surface area contributed by atoms with Gasteiger partial charge in [-0.15, -0.1) is 0 Å². The number of nitrogens with zero attached hydrogens (tertiary/aromatic N) is 2. The minimum Gasteiger partial charge on any atom is -0.301 e. The van der Waals surface area contributed by atoms with E-state index in [1.165, 1.54) is 0 Å². The molecule has 0 heterocycles. The minimum absolute atomic E-state index is 0.843. The van der Waals surface area contributed by atoms with Gasteiger partial charge in [-0.25, -0.2) is 0 Å². The van der Waals surface area contributed by atoms with E-state index in [1.54, 1.807) is 13.2 Å². The average molecular weight is 110 g/mol. The van der Waals surface area contributed by atoms with Crippen LogP contribution < -0.4 is 0 Å². The molecule has 2 nitrogen and oxygen atoms in total. The van der Waals surface area contributed by atoms with E-state index in [4.69, 9.17) is 0 Å². The second-order valence-corrected chi connectivity index (χ2v) is 1.24. The van der Waals surface area contributed by atoms with Gasteiger partial charge in [-0.05, 0) is 6.72 Å². The third-order valence-electron chi connectivity index (χ3n) is 0.635. The Hall–Kier alpha value is -0.920. The van der Waals surface area contributed by atoms with Crippen LogP contribution >= 0.6 is 0 Å². The largest absolute Gasteiger partial charge is 0.301 e. The first kappa shape index (κ1) is 7.08. The highest BCUT2D eigenvalue weighted by Gasteiger charge is 1.64. The Morgan fingerprint density at radius 1 is 1.62 bits per heavy atom. The summed E-state index contributed by atoms with van der Waals surface area (Å²) in [5.74, 6) is 0. The topological polar surface area (TPSA) is 24.7 Å². The zero-order chi connectivity index (χ0) is 6.24. The van der Waals surface area contributed by atoms with E-state index in [0.29, 0.717) is 0 Å². The van der Waals surface area contributed by atoms with Crippen molar-refractivity contribution >= 4 is 12.9 Å². The highest BCUT2D eigenvalue weighted by Crippen LogP contribution is 1.76. The molecule has 44 valence electrons. The van der Waals surface area contributed by atoms with Crippen LogP contribution in [0.25, 0.3) is 0 Å². The maximum Gasteiger partial charge on any atom is 0.0273 e. The molecule has 2 heteroatoms. The molecular formula is C6H10N2. The van der Waals surface area contributed by atoms with Crippen molar-refractivity contribution in [2.75, 3.05) is 7.05 Å². The van der Waals surface area contributed by atoms with Crippen LogP contribution in [-0.4, -0.2) is 20.0 Å². The number of aliphatic imine (C=N–C) groups is 2. The maximum absolute atomic E-state index is 3.77. The molecular weight excluding hydrogens is 100 g/mol. The molecule has 0 amide bonds. The van der Waals surface area contributed by atoms with E-state index >= 15 is 0 Å². The zero-order valence-corrected chi connectivity index (χ0v) is 5.04. The molecule has 0 unspecified atom stereocenters. The Morgan fingerprint density at radius 2 is 2.38 bits per heavy atom. The molecule has 0 aromatic carbocycles. The summed E-state index contributed by atoms with van der Waals surface area (Å²) >= 11 is 0. The second-order valence-electron chi connectivity index (χ2n) is 1.24. The predicted molar refractivity (Wildman–Crippen MR) is 37.7 cm³/mol. The molecule has 0 aromatic rings. The first-order valence-electron chi connectivity index (χ1n) is 2.43. The van der Waals surface area contributed by atoms with Gasteiger partial charge in [-0.2, -0.15) is 0 Å². The van der Waals surface area contributed by atoms with Gasteiger partial charge in [0.15, 0.2) is 0 Å². The van der Waals surface area contributed by atoms with Crippen LogP contribution in [0.15, 0.2) is 22.3 Å². The SMILES string of the molecule is C=N/C=C\CC=NC. The predicted octanol–water partition coefficient (Wildman–Crippen LogP) is 1.29. The van der Waals surface area contributed by atoms with Gasteiger partial charge in [0.25, 0.3) is 0 Å². The van der Waals surface area contributed by atoms with E-state index in [0.717, 1.165) is 6.42 Å². The van der Waals surface area contributed by atoms with Crippen LogP contribution in [0.4, 0.5) is 0 Å². The lowest BCUT2D eigenvalue weighted by atomic mass is 10.4. The van der Waals surface area contributed by atoms with Gasteiger partial charge in [-0.1, -0.05) is 6.08 Å². The van der Waals surface area contributed by atoms with E-state index in [2.05, 4.69) is 16.7 Å². The second kappa shape index (κ2) is 6.08. The highest BCUT2D eigenvalue weighted by atomic mass is 14.6. The average Bonchev–Trinajstić information content (AvgIpc) is 1.81. The van der Waals surface area contributed by atoms with Crippen LogP contribution in [-0.2, 0) is 0 Å². The van der Waals surface area contributed by atoms with Gasteiger partial charge in [0.2, 0.25) is 0 Å². The van der Waals surface area contributed by atoms with Crippen LogP contribution in [0.3, 0.4) is 0 Å². The molecule has 0 spiro atoms. The van der Waals surface area contributed by atoms with E-state index < -0.39 is 0 Å². The first-order valence-corrected chi connectivity index (χ1v) is 2.43. The Bertz CT molecular complexity index is 103. The third-order valence-corrected chi connectivity index (χ3v) is 0.635. The van der Waals surface area contributed by atoms with Crippen LogP contribution in [0, 0.1) is 0 Å². The number of allylic oxidation sites excluding steroid dienone is 1. The van der Waals surface area contributed by atoms with E-state index in [1.807, 2.05) is 12.3 Å². The van der Waals surface area contributed by atoms with Crippen molar-refractivity contribution in [1.82, 2.24) is 0 Å². The van der Waals surface area contributed by atoms with Crippen molar-refractivity contribution in [3.05, 3.63) is 12.3 Å². The maximum atomic E-state index is 3.77. The minimum atomic E-state index is 0.843. The van der Waals surface area contributed by atoms with Gasteiger partial charge in [-0.3, -0.25) is 4.99 Å². The van der Waals surface area contributed by atoms with Crippen molar-refractivity contribution < 1.29 is 0 Å². The lowest BCUT2D eigenvalue weighted by molar-refractivity contribution is 1.39. The Morgan fingerprint density at radius 3 is 2.88 bits per heavy atom.